The lowest BCUT2D eigenvalue weighted by atomic mass is 9.93. The number of nitrogens with zero attached hydrogens (tertiary/aromatic N) is 1. The smallest absolute Gasteiger partial charge is 0.321 e. The lowest BCUT2D eigenvalue weighted by molar-refractivity contribution is -0.139. The quantitative estimate of drug-likeness (QED) is 0.669. The number of carboxylic acid groups (broad SMARTS) is 1. The van der Waals surface area contributed by atoms with Crippen molar-refractivity contribution in [3.05, 3.63) is 0 Å². The minimum atomic E-state index is -3.72. The molecular weight excluding hydrogens is 268 g/mol. The summed E-state index contributed by atoms with van der Waals surface area (Å²) in [6.07, 6.45) is 1.80. The third kappa shape index (κ3) is 7.80. The van der Waals surface area contributed by atoms with E-state index in [1.54, 1.807) is 13.8 Å². The Morgan fingerprint density at radius 2 is 2.05 bits per heavy atom. The maximum atomic E-state index is 11.9. The van der Waals surface area contributed by atoms with Crippen LogP contribution >= 0.6 is 0 Å². The second kappa shape index (κ2) is 7.46. The minimum absolute atomic E-state index is 0.0978. The number of nitriles is 1. The highest BCUT2D eigenvalue weighted by Gasteiger charge is 2.30. The van der Waals surface area contributed by atoms with Crippen LogP contribution in [0.25, 0.3) is 0 Å². The fraction of sp³-hybridized carbons (Fsp3) is 0.833. The Labute approximate surface area is 114 Å². The molecule has 1 atom stereocenters. The van der Waals surface area contributed by atoms with Crippen molar-refractivity contribution >= 4 is 16.0 Å². The SMILES string of the molecule is CCCCC(NS(=O)(=O)CC(C)(C)CC#N)C(=O)O. The minimum Gasteiger partial charge on any atom is -0.480 e. The van der Waals surface area contributed by atoms with E-state index < -0.39 is 27.4 Å². The summed E-state index contributed by atoms with van der Waals surface area (Å²) in [5.74, 6) is -1.43. The normalized spacial score (nSPS) is 13.8. The van der Waals surface area contributed by atoms with Gasteiger partial charge in [0.2, 0.25) is 10.0 Å². The van der Waals surface area contributed by atoms with E-state index in [1.165, 1.54) is 0 Å². The van der Waals surface area contributed by atoms with Crippen LogP contribution in [0.15, 0.2) is 0 Å². The van der Waals surface area contributed by atoms with Crippen molar-refractivity contribution < 1.29 is 18.3 Å². The Morgan fingerprint density at radius 3 is 2.47 bits per heavy atom. The molecule has 0 amide bonds. The lowest BCUT2D eigenvalue weighted by Crippen LogP contribution is -2.44. The van der Waals surface area contributed by atoms with E-state index in [0.717, 1.165) is 6.42 Å². The van der Waals surface area contributed by atoms with Crippen LogP contribution in [0.2, 0.25) is 0 Å². The molecule has 0 aromatic carbocycles. The summed E-state index contributed by atoms with van der Waals surface area (Å²) in [6, 6.07) is 0.838. The molecule has 0 aromatic rings. The molecule has 0 aromatic heterocycles. The van der Waals surface area contributed by atoms with Crippen molar-refractivity contribution in [2.45, 2.75) is 52.5 Å². The molecule has 0 bridgehead atoms. The zero-order valence-corrected chi connectivity index (χ0v) is 12.5. The standard InChI is InChI=1S/C12H22N2O4S/c1-4-5-6-10(11(15)16)14-19(17,18)9-12(2,3)7-8-13/h10,14H,4-7,9H2,1-3H3,(H,15,16). The van der Waals surface area contributed by atoms with Gasteiger partial charge in [0.25, 0.3) is 0 Å². The molecule has 1 unspecified atom stereocenters. The molecule has 6 nitrogen and oxygen atoms in total. The van der Waals surface area contributed by atoms with E-state index in [4.69, 9.17) is 10.4 Å². The van der Waals surface area contributed by atoms with E-state index in [1.807, 2.05) is 13.0 Å². The molecule has 0 spiro atoms. The fourth-order valence-corrected chi connectivity index (χ4v) is 3.55. The second-order valence-electron chi connectivity index (χ2n) is 5.41. The summed E-state index contributed by atoms with van der Waals surface area (Å²) >= 11 is 0. The number of sulfonamides is 1. The van der Waals surface area contributed by atoms with Crippen LogP contribution in [-0.2, 0) is 14.8 Å². The first-order chi connectivity index (χ1) is 8.63. The topological polar surface area (TPSA) is 107 Å². The summed E-state index contributed by atoms with van der Waals surface area (Å²) in [7, 11) is -3.72. The molecule has 0 fully saturated rings. The molecule has 0 aliphatic heterocycles. The fourth-order valence-electron chi connectivity index (χ4n) is 1.68. The number of hydrogen-bond acceptors (Lipinski definition) is 4. The number of unbranched alkanes of at least 4 members (excludes halogenated alkanes) is 1. The van der Waals surface area contributed by atoms with Crippen LogP contribution in [0.3, 0.4) is 0 Å². The van der Waals surface area contributed by atoms with E-state index in [2.05, 4.69) is 4.72 Å². The van der Waals surface area contributed by atoms with E-state index in [0.29, 0.717) is 6.42 Å². The number of aliphatic carboxylic acids is 1. The van der Waals surface area contributed by atoms with Crippen molar-refractivity contribution in [2.75, 3.05) is 5.75 Å². The van der Waals surface area contributed by atoms with Crippen LogP contribution in [-0.4, -0.2) is 31.3 Å². The van der Waals surface area contributed by atoms with Crippen LogP contribution in [0.5, 0.6) is 0 Å². The molecule has 7 heteroatoms. The van der Waals surface area contributed by atoms with Crippen LogP contribution in [0, 0.1) is 16.7 Å². The van der Waals surface area contributed by atoms with Crippen molar-refractivity contribution in [3.8, 4) is 6.07 Å². The van der Waals surface area contributed by atoms with Crippen molar-refractivity contribution in [2.24, 2.45) is 5.41 Å². The highest BCUT2D eigenvalue weighted by molar-refractivity contribution is 7.89. The van der Waals surface area contributed by atoms with Gasteiger partial charge in [-0.05, 0) is 11.8 Å². The first kappa shape index (κ1) is 17.9. The Morgan fingerprint density at radius 1 is 1.47 bits per heavy atom. The average molecular weight is 290 g/mol. The largest absolute Gasteiger partial charge is 0.480 e. The molecule has 110 valence electrons. The maximum absolute atomic E-state index is 11.9. The zero-order valence-electron chi connectivity index (χ0n) is 11.6. The van der Waals surface area contributed by atoms with Gasteiger partial charge in [0.1, 0.15) is 6.04 Å². The molecule has 0 aliphatic rings. The van der Waals surface area contributed by atoms with Gasteiger partial charge in [0, 0.05) is 6.42 Å². The van der Waals surface area contributed by atoms with Crippen molar-refractivity contribution in [3.63, 3.8) is 0 Å². The molecule has 0 aliphatic carbocycles. The Bertz CT molecular complexity index is 437. The molecular formula is C12H22N2O4S. The Balaban J connectivity index is 4.73. The van der Waals surface area contributed by atoms with Gasteiger partial charge in [0.05, 0.1) is 11.8 Å². The Hall–Kier alpha value is -1.13. The number of carbonyl (C=O) groups is 1. The van der Waals surface area contributed by atoms with Gasteiger partial charge < -0.3 is 5.11 Å². The summed E-state index contributed by atoms with van der Waals surface area (Å²) < 4.78 is 26.0. The number of hydrogen-bond donors (Lipinski definition) is 2. The first-order valence-electron chi connectivity index (χ1n) is 6.23. The number of nitrogens with one attached hydrogen (secondary N) is 1. The third-order valence-electron chi connectivity index (χ3n) is 2.60. The van der Waals surface area contributed by atoms with Gasteiger partial charge in [-0.3, -0.25) is 4.79 Å². The van der Waals surface area contributed by atoms with E-state index >= 15 is 0 Å². The molecule has 0 radical (unpaired) electrons. The van der Waals surface area contributed by atoms with Gasteiger partial charge in [-0.25, -0.2) is 13.1 Å². The van der Waals surface area contributed by atoms with Gasteiger partial charge >= 0.3 is 5.97 Å². The lowest BCUT2D eigenvalue weighted by Gasteiger charge is -2.22. The van der Waals surface area contributed by atoms with Gasteiger partial charge in [-0.2, -0.15) is 5.26 Å². The van der Waals surface area contributed by atoms with Crippen LogP contribution in [0.1, 0.15) is 46.5 Å². The summed E-state index contributed by atoms with van der Waals surface area (Å²) in [4.78, 5) is 11.0. The predicted octanol–water partition coefficient (Wildman–Crippen LogP) is 1.49. The van der Waals surface area contributed by atoms with Crippen molar-refractivity contribution in [1.82, 2.24) is 4.72 Å². The van der Waals surface area contributed by atoms with Gasteiger partial charge in [-0.15, -0.1) is 0 Å². The summed E-state index contributed by atoms with van der Waals surface area (Å²) in [5, 5.41) is 17.6. The molecule has 0 heterocycles. The molecule has 2 N–H and O–H groups in total. The first-order valence-corrected chi connectivity index (χ1v) is 7.88. The van der Waals surface area contributed by atoms with Crippen LogP contribution < -0.4 is 4.72 Å². The van der Waals surface area contributed by atoms with E-state index in [9.17, 15) is 13.2 Å². The van der Waals surface area contributed by atoms with Gasteiger partial charge in [0.15, 0.2) is 0 Å². The highest BCUT2D eigenvalue weighted by Crippen LogP contribution is 2.21. The highest BCUT2D eigenvalue weighted by atomic mass is 32.2. The summed E-state index contributed by atoms with van der Waals surface area (Å²) in [5.41, 5.74) is -0.700. The number of carboxylic acids is 1. The molecule has 0 saturated heterocycles. The molecule has 19 heavy (non-hydrogen) atoms. The Kier molecular flexibility index (Phi) is 7.01. The van der Waals surface area contributed by atoms with Crippen LogP contribution in [0.4, 0.5) is 0 Å². The van der Waals surface area contributed by atoms with E-state index in [-0.39, 0.29) is 18.6 Å². The summed E-state index contributed by atoms with van der Waals surface area (Å²) in [6.45, 7) is 5.23. The number of rotatable bonds is 9. The average Bonchev–Trinajstić information content (AvgIpc) is 2.21. The maximum Gasteiger partial charge on any atom is 0.321 e. The third-order valence-corrected chi connectivity index (χ3v) is 4.41. The predicted molar refractivity (Wildman–Crippen MR) is 71.9 cm³/mol. The second-order valence-corrected chi connectivity index (χ2v) is 7.16. The molecule has 0 saturated carbocycles. The molecule has 0 rings (SSSR count). The monoisotopic (exact) mass is 290 g/mol. The van der Waals surface area contributed by atoms with Gasteiger partial charge in [-0.1, -0.05) is 33.6 Å². The zero-order chi connectivity index (χ0) is 15.1. The van der Waals surface area contributed by atoms with Crippen molar-refractivity contribution in [1.29, 1.82) is 5.26 Å².